The summed E-state index contributed by atoms with van der Waals surface area (Å²) in [5, 5.41) is 31.3. The van der Waals surface area contributed by atoms with E-state index < -0.39 is 0 Å². The van der Waals surface area contributed by atoms with Gasteiger partial charge in [0.15, 0.2) is 0 Å². The molecule has 0 saturated carbocycles. The molecule has 0 aliphatic heterocycles. The Morgan fingerprint density at radius 1 is 0.737 bits per heavy atom. The van der Waals surface area contributed by atoms with Crippen molar-refractivity contribution in [3.8, 4) is 11.5 Å². The number of nitrogens with one attached hydrogen (secondary N) is 1. The minimum absolute atomic E-state index is 0.201. The van der Waals surface area contributed by atoms with E-state index in [1.807, 2.05) is 18.3 Å². The second-order valence-electron chi connectivity index (χ2n) is 4.61. The number of aromatic amines is 1. The van der Waals surface area contributed by atoms with Gasteiger partial charge >= 0.3 is 0 Å². The lowest BCUT2D eigenvalue weighted by Crippen LogP contribution is -1.81. The smallest absolute Gasteiger partial charge is 0.116 e. The average Bonchev–Trinajstić information content (AvgIpc) is 2.88. The van der Waals surface area contributed by atoms with Gasteiger partial charge in [-0.05, 0) is 52.6 Å². The van der Waals surface area contributed by atoms with Gasteiger partial charge in [0.25, 0.3) is 0 Å². The molecule has 0 unspecified atom stereocenters. The van der Waals surface area contributed by atoms with Crippen molar-refractivity contribution in [2.45, 2.75) is 0 Å². The summed E-state index contributed by atoms with van der Waals surface area (Å²) >= 11 is 0. The van der Waals surface area contributed by atoms with E-state index in [2.05, 4.69) is 10.2 Å². The van der Waals surface area contributed by atoms with E-state index in [0.29, 0.717) is 0 Å². The maximum Gasteiger partial charge on any atom is 0.116 e. The van der Waals surface area contributed by atoms with E-state index in [9.17, 15) is 10.2 Å². The molecule has 1 heterocycles. The molecule has 0 saturated heterocycles. The van der Waals surface area contributed by atoms with Crippen molar-refractivity contribution in [3.05, 3.63) is 42.6 Å². The second-order valence-corrected chi connectivity index (χ2v) is 4.61. The molecule has 0 spiro atoms. The van der Waals surface area contributed by atoms with Crippen LogP contribution < -0.4 is 0 Å². The molecule has 3 aromatic carbocycles. The summed E-state index contributed by atoms with van der Waals surface area (Å²) in [6, 6.07) is 10.4. The fraction of sp³-hybridized carbons (Fsp3) is 0. The van der Waals surface area contributed by atoms with Crippen LogP contribution in [0.3, 0.4) is 0 Å². The van der Waals surface area contributed by atoms with Crippen molar-refractivity contribution in [2.75, 3.05) is 0 Å². The number of benzene rings is 3. The van der Waals surface area contributed by atoms with Crippen LogP contribution in [0.5, 0.6) is 11.5 Å². The van der Waals surface area contributed by atoms with E-state index in [1.54, 1.807) is 24.3 Å². The number of phenolic OH excluding ortho intramolecular Hbond substituents is 2. The third-order valence-corrected chi connectivity index (χ3v) is 3.48. The van der Waals surface area contributed by atoms with Crippen LogP contribution in [0.1, 0.15) is 0 Å². The highest BCUT2D eigenvalue weighted by Gasteiger charge is 2.11. The van der Waals surface area contributed by atoms with Gasteiger partial charge in [-0.25, -0.2) is 0 Å². The Labute approximate surface area is 107 Å². The van der Waals surface area contributed by atoms with Gasteiger partial charge in [-0.2, -0.15) is 5.10 Å². The molecule has 0 fully saturated rings. The molecule has 3 N–H and O–H groups in total. The molecule has 0 aliphatic carbocycles. The fourth-order valence-corrected chi connectivity index (χ4v) is 2.65. The van der Waals surface area contributed by atoms with Crippen LogP contribution in [-0.2, 0) is 0 Å². The molecular weight excluding hydrogens is 240 g/mol. The molecule has 0 bridgehead atoms. The molecule has 4 aromatic rings. The number of hydrogen-bond donors (Lipinski definition) is 3. The first-order chi connectivity index (χ1) is 9.24. The minimum atomic E-state index is 0.201. The summed E-state index contributed by atoms with van der Waals surface area (Å²) in [4.78, 5) is 0. The van der Waals surface area contributed by atoms with Crippen LogP contribution >= 0.6 is 0 Å². The van der Waals surface area contributed by atoms with Crippen LogP contribution in [0.25, 0.3) is 32.4 Å². The van der Waals surface area contributed by atoms with Crippen LogP contribution in [0, 0.1) is 0 Å². The first kappa shape index (κ1) is 10.2. The molecule has 0 radical (unpaired) electrons. The largest absolute Gasteiger partial charge is 0.508 e. The van der Waals surface area contributed by atoms with E-state index in [1.165, 1.54) is 0 Å². The second kappa shape index (κ2) is 3.38. The predicted molar refractivity (Wildman–Crippen MR) is 74.4 cm³/mol. The summed E-state index contributed by atoms with van der Waals surface area (Å²) in [5.74, 6) is 0.409. The first-order valence-electron chi connectivity index (χ1n) is 5.95. The predicted octanol–water partition coefficient (Wildman–Crippen LogP) is 3.28. The fourth-order valence-electron chi connectivity index (χ4n) is 2.65. The SMILES string of the molecule is Oc1ccc2c(c1)c1cc(O)ccc1c1n[nH]cc21. The number of aromatic hydroxyl groups is 2. The lowest BCUT2D eigenvalue weighted by atomic mass is 9.98. The maximum atomic E-state index is 9.70. The molecule has 0 aliphatic rings. The molecule has 4 heteroatoms. The van der Waals surface area contributed by atoms with Gasteiger partial charge < -0.3 is 10.2 Å². The quantitative estimate of drug-likeness (QED) is 0.419. The number of aromatic nitrogens is 2. The number of rotatable bonds is 0. The van der Waals surface area contributed by atoms with Crippen molar-refractivity contribution < 1.29 is 10.2 Å². The molecular formula is C15H10N2O2. The number of hydrogen-bond acceptors (Lipinski definition) is 3. The van der Waals surface area contributed by atoms with Crippen molar-refractivity contribution in [2.24, 2.45) is 0 Å². The lowest BCUT2D eigenvalue weighted by molar-refractivity contribution is 0.475. The van der Waals surface area contributed by atoms with Crippen LogP contribution in [0.15, 0.2) is 42.6 Å². The Hall–Kier alpha value is -2.75. The average molecular weight is 250 g/mol. The molecule has 4 rings (SSSR count). The zero-order valence-corrected chi connectivity index (χ0v) is 9.88. The van der Waals surface area contributed by atoms with Gasteiger partial charge in [0.1, 0.15) is 17.0 Å². The first-order valence-corrected chi connectivity index (χ1v) is 5.95. The molecule has 1 aromatic heterocycles. The number of H-pyrrole nitrogens is 1. The molecule has 19 heavy (non-hydrogen) atoms. The molecule has 0 amide bonds. The Balaban J connectivity index is 2.41. The normalized spacial score (nSPS) is 11.6. The van der Waals surface area contributed by atoms with Gasteiger partial charge in [-0.15, -0.1) is 0 Å². The van der Waals surface area contributed by atoms with Gasteiger partial charge in [0.2, 0.25) is 0 Å². The summed E-state index contributed by atoms with van der Waals surface area (Å²) < 4.78 is 0. The monoisotopic (exact) mass is 250 g/mol. The zero-order chi connectivity index (χ0) is 13.0. The summed E-state index contributed by atoms with van der Waals surface area (Å²) in [6.45, 7) is 0. The van der Waals surface area contributed by atoms with Gasteiger partial charge in [0, 0.05) is 17.0 Å². The van der Waals surface area contributed by atoms with E-state index in [-0.39, 0.29) is 11.5 Å². The maximum absolute atomic E-state index is 9.70. The highest BCUT2D eigenvalue weighted by molar-refractivity contribution is 6.24. The number of phenols is 2. The minimum Gasteiger partial charge on any atom is -0.508 e. The van der Waals surface area contributed by atoms with Gasteiger partial charge in [0.05, 0.1) is 0 Å². The van der Waals surface area contributed by atoms with Gasteiger partial charge in [-0.3, -0.25) is 5.10 Å². The Morgan fingerprint density at radius 3 is 2.11 bits per heavy atom. The van der Waals surface area contributed by atoms with Crippen LogP contribution in [0.4, 0.5) is 0 Å². The highest BCUT2D eigenvalue weighted by Crippen LogP contribution is 2.36. The summed E-state index contributed by atoms with van der Waals surface area (Å²) in [6.07, 6.45) is 1.85. The Kier molecular flexibility index (Phi) is 1.82. The van der Waals surface area contributed by atoms with Crippen LogP contribution in [0.2, 0.25) is 0 Å². The van der Waals surface area contributed by atoms with Gasteiger partial charge in [-0.1, -0.05) is 0 Å². The van der Waals surface area contributed by atoms with Crippen molar-refractivity contribution >= 4 is 32.4 Å². The van der Waals surface area contributed by atoms with E-state index in [0.717, 1.165) is 32.4 Å². The lowest BCUT2D eigenvalue weighted by Gasteiger charge is -2.07. The van der Waals surface area contributed by atoms with E-state index in [4.69, 9.17) is 0 Å². The standard InChI is InChI=1S/C15H10N2O2/c18-8-1-3-10-12(5-8)13-6-9(19)2-4-11(13)15-14(10)7-16-17-15/h1-7,18-19H,(H,16,17). The summed E-state index contributed by atoms with van der Waals surface area (Å²) in [5.41, 5.74) is 0.869. The number of nitrogens with zero attached hydrogens (tertiary/aromatic N) is 1. The molecule has 4 nitrogen and oxygen atoms in total. The van der Waals surface area contributed by atoms with E-state index >= 15 is 0 Å². The molecule has 92 valence electrons. The summed E-state index contributed by atoms with van der Waals surface area (Å²) in [7, 11) is 0. The Morgan fingerprint density at radius 2 is 1.37 bits per heavy atom. The van der Waals surface area contributed by atoms with Crippen molar-refractivity contribution in [1.29, 1.82) is 0 Å². The highest BCUT2D eigenvalue weighted by atomic mass is 16.3. The molecule has 0 atom stereocenters. The van der Waals surface area contributed by atoms with Crippen molar-refractivity contribution in [3.63, 3.8) is 0 Å². The zero-order valence-electron chi connectivity index (χ0n) is 9.88. The third kappa shape index (κ3) is 1.31. The Bertz CT molecular complexity index is 865. The van der Waals surface area contributed by atoms with Crippen molar-refractivity contribution in [1.82, 2.24) is 10.2 Å². The van der Waals surface area contributed by atoms with Crippen LogP contribution in [-0.4, -0.2) is 20.4 Å². The number of fused-ring (bicyclic) bond motifs is 6. The third-order valence-electron chi connectivity index (χ3n) is 3.48. The topological polar surface area (TPSA) is 69.1 Å².